The highest BCUT2D eigenvalue weighted by Crippen LogP contribution is 2.28. The maximum atomic E-state index is 13.2. The summed E-state index contributed by atoms with van der Waals surface area (Å²) in [6, 6.07) is 24.8. The molecule has 0 radical (unpaired) electrons. The molecule has 10 heteroatoms. The predicted octanol–water partition coefficient (Wildman–Crippen LogP) is 7.04. The van der Waals surface area contributed by atoms with Gasteiger partial charge in [0, 0.05) is 57.7 Å². The molecule has 0 bridgehead atoms. The van der Waals surface area contributed by atoms with Gasteiger partial charge in [0.1, 0.15) is 11.9 Å². The second kappa shape index (κ2) is 21.2. The number of carbonyl (C=O) groups excluding carboxylic acids is 3. The topological polar surface area (TPSA) is 114 Å². The van der Waals surface area contributed by atoms with Crippen LogP contribution in [-0.4, -0.2) is 96.2 Å². The van der Waals surface area contributed by atoms with E-state index in [1.54, 1.807) is 12.1 Å². The van der Waals surface area contributed by atoms with Crippen LogP contribution in [0.2, 0.25) is 0 Å². The van der Waals surface area contributed by atoms with E-state index in [9.17, 15) is 19.5 Å². The molecule has 0 unspecified atom stereocenters. The van der Waals surface area contributed by atoms with Crippen molar-refractivity contribution in [2.75, 3.05) is 57.7 Å². The number of hydrogen-bond acceptors (Lipinski definition) is 7. The quantitative estimate of drug-likeness (QED) is 0.121. The van der Waals surface area contributed by atoms with E-state index >= 15 is 0 Å². The summed E-state index contributed by atoms with van der Waals surface area (Å²) in [6.07, 6.45) is 9.23. The van der Waals surface area contributed by atoms with Crippen LogP contribution in [0.1, 0.15) is 76.2 Å². The first-order valence-electron chi connectivity index (χ1n) is 19.3. The minimum Gasteiger partial charge on any atom is -0.508 e. The van der Waals surface area contributed by atoms with Crippen LogP contribution in [0.3, 0.4) is 0 Å². The lowest BCUT2D eigenvalue weighted by molar-refractivity contribution is -0.132. The van der Waals surface area contributed by atoms with Crippen molar-refractivity contribution >= 4 is 23.6 Å². The van der Waals surface area contributed by atoms with Gasteiger partial charge in [0.15, 0.2) is 0 Å². The second-order valence-electron chi connectivity index (χ2n) is 14.1. The number of phenols is 1. The number of rotatable bonds is 18. The standard InChI is InChI=1S/C42H57N5O5/c48-36-20-18-34(19-21-36)33-47(41(50)17-12-28-45-26-9-3-10-27-45)29-11-2-8-25-43-40(49)24-32-46-30-22-37(23-31-46)52-42(51)44-39-16-7-6-15-38(39)35-13-4-1-5-14-35/h1,4-7,13-16,18-21,37,48H,2-3,8-12,17,22-33H2,(H,43,49)(H,44,51). The molecule has 0 saturated carbocycles. The highest BCUT2D eigenvalue weighted by Gasteiger charge is 2.23. The van der Waals surface area contributed by atoms with Crippen LogP contribution < -0.4 is 10.6 Å². The minimum absolute atomic E-state index is 0.0488. The van der Waals surface area contributed by atoms with Crippen molar-refractivity contribution in [1.82, 2.24) is 20.0 Å². The number of piperidine rings is 2. The number of carbonyl (C=O) groups is 3. The van der Waals surface area contributed by atoms with Crippen LogP contribution in [0, 0.1) is 0 Å². The van der Waals surface area contributed by atoms with E-state index in [1.807, 2.05) is 71.6 Å². The molecule has 280 valence electrons. The van der Waals surface area contributed by atoms with Gasteiger partial charge in [-0.15, -0.1) is 0 Å². The number of anilines is 1. The van der Waals surface area contributed by atoms with Crippen LogP contribution >= 0.6 is 0 Å². The Kier molecular flexibility index (Phi) is 15.8. The molecule has 0 aliphatic carbocycles. The SMILES string of the molecule is O=C(CCN1CCC(OC(=O)Nc2ccccc2-c2ccccc2)CC1)NCCCCCN(Cc1ccc(O)cc1)C(=O)CCCN1CCCCC1. The molecule has 2 fully saturated rings. The average molecular weight is 712 g/mol. The molecule has 52 heavy (non-hydrogen) atoms. The van der Waals surface area contributed by atoms with Gasteiger partial charge in [-0.05, 0) is 100 Å². The largest absolute Gasteiger partial charge is 0.508 e. The van der Waals surface area contributed by atoms with Crippen molar-refractivity contribution < 1.29 is 24.2 Å². The van der Waals surface area contributed by atoms with Crippen molar-refractivity contribution in [2.24, 2.45) is 0 Å². The molecule has 2 aliphatic rings. The van der Waals surface area contributed by atoms with E-state index in [0.717, 1.165) is 93.6 Å². The van der Waals surface area contributed by atoms with Gasteiger partial charge in [0.05, 0.1) is 5.69 Å². The fourth-order valence-corrected chi connectivity index (χ4v) is 7.09. The highest BCUT2D eigenvalue weighted by molar-refractivity contribution is 5.91. The Morgan fingerprint density at radius 1 is 0.750 bits per heavy atom. The third-order valence-corrected chi connectivity index (χ3v) is 10.1. The zero-order chi connectivity index (χ0) is 36.4. The molecule has 2 saturated heterocycles. The van der Waals surface area contributed by atoms with E-state index in [1.165, 1.54) is 19.3 Å². The normalized spacial score (nSPS) is 15.5. The number of para-hydroxylation sites is 1. The molecule has 0 atom stereocenters. The first-order valence-corrected chi connectivity index (χ1v) is 19.3. The number of likely N-dealkylation sites (tertiary alicyclic amines) is 2. The number of unbranched alkanes of at least 4 members (excludes halogenated alkanes) is 2. The second-order valence-corrected chi connectivity index (χ2v) is 14.1. The number of nitrogens with zero attached hydrogens (tertiary/aromatic N) is 3. The summed E-state index contributed by atoms with van der Waals surface area (Å²) >= 11 is 0. The molecule has 0 spiro atoms. The fourth-order valence-electron chi connectivity index (χ4n) is 7.09. The molecular formula is C42H57N5O5. The van der Waals surface area contributed by atoms with Gasteiger partial charge >= 0.3 is 6.09 Å². The lowest BCUT2D eigenvalue weighted by atomic mass is 10.0. The molecule has 3 aromatic carbocycles. The zero-order valence-electron chi connectivity index (χ0n) is 30.6. The summed E-state index contributed by atoms with van der Waals surface area (Å²) < 4.78 is 5.76. The lowest BCUT2D eigenvalue weighted by Gasteiger charge is -2.31. The first kappa shape index (κ1) is 38.8. The van der Waals surface area contributed by atoms with Crippen molar-refractivity contribution in [2.45, 2.75) is 83.3 Å². The Hall–Kier alpha value is -4.41. The van der Waals surface area contributed by atoms with Crippen LogP contribution in [0.15, 0.2) is 78.9 Å². The highest BCUT2D eigenvalue weighted by atomic mass is 16.6. The summed E-state index contributed by atoms with van der Waals surface area (Å²) in [5.41, 5.74) is 3.71. The summed E-state index contributed by atoms with van der Waals surface area (Å²) in [7, 11) is 0. The van der Waals surface area contributed by atoms with E-state index in [4.69, 9.17) is 4.74 Å². The molecule has 0 aromatic heterocycles. The Balaban J connectivity index is 0.933. The average Bonchev–Trinajstić information content (AvgIpc) is 3.17. The van der Waals surface area contributed by atoms with Crippen molar-refractivity contribution in [3.8, 4) is 16.9 Å². The number of phenolic OH excluding ortho intramolecular Hbond substituents is 1. The molecule has 5 rings (SSSR count). The Bertz CT molecular complexity index is 1520. The maximum Gasteiger partial charge on any atom is 0.411 e. The van der Waals surface area contributed by atoms with E-state index < -0.39 is 6.09 Å². The van der Waals surface area contributed by atoms with Gasteiger partial charge in [-0.2, -0.15) is 0 Å². The molecule has 2 heterocycles. The van der Waals surface area contributed by atoms with Gasteiger partial charge in [0.2, 0.25) is 11.8 Å². The van der Waals surface area contributed by atoms with Crippen LogP contribution in [0.5, 0.6) is 5.75 Å². The Morgan fingerprint density at radius 3 is 2.23 bits per heavy atom. The smallest absolute Gasteiger partial charge is 0.411 e. The van der Waals surface area contributed by atoms with E-state index in [0.29, 0.717) is 39.0 Å². The number of nitrogens with one attached hydrogen (secondary N) is 2. The number of ether oxygens (including phenoxy) is 1. The van der Waals surface area contributed by atoms with Crippen LogP contribution in [0.25, 0.3) is 11.1 Å². The van der Waals surface area contributed by atoms with E-state index in [2.05, 4.69) is 20.4 Å². The molecule has 10 nitrogen and oxygen atoms in total. The predicted molar refractivity (Wildman–Crippen MR) is 206 cm³/mol. The number of aromatic hydroxyl groups is 1. The van der Waals surface area contributed by atoms with Gasteiger partial charge in [-0.1, -0.05) is 67.1 Å². The molecular weight excluding hydrogens is 654 g/mol. The molecule has 3 N–H and O–H groups in total. The summed E-state index contributed by atoms with van der Waals surface area (Å²) in [6.45, 7) is 7.36. The van der Waals surface area contributed by atoms with Crippen molar-refractivity contribution in [3.05, 3.63) is 84.4 Å². The zero-order valence-corrected chi connectivity index (χ0v) is 30.6. The lowest BCUT2D eigenvalue weighted by Crippen LogP contribution is -2.40. The van der Waals surface area contributed by atoms with E-state index in [-0.39, 0.29) is 23.7 Å². The monoisotopic (exact) mass is 711 g/mol. The van der Waals surface area contributed by atoms with Gasteiger partial charge in [-0.3, -0.25) is 14.9 Å². The van der Waals surface area contributed by atoms with Crippen molar-refractivity contribution in [1.29, 1.82) is 0 Å². The molecule has 3 aromatic rings. The third-order valence-electron chi connectivity index (χ3n) is 10.1. The number of amides is 3. The first-order chi connectivity index (χ1) is 25.4. The summed E-state index contributed by atoms with van der Waals surface area (Å²) in [4.78, 5) is 45.2. The number of benzene rings is 3. The van der Waals surface area contributed by atoms with Gasteiger partial charge in [0.25, 0.3) is 0 Å². The van der Waals surface area contributed by atoms with Gasteiger partial charge < -0.3 is 29.9 Å². The summed E-state index contributed by atoms with van der Waals surface area (Å²) in [5, 5.41) is 15.7. The maximum absolute atomic E-state index is 13.2. The Labute approximate surface area is 309 Å². The fraction of sp³-hybridized carbons (Fsp3) is 0.500. The number of hydrogen-bond donors (Lipinski definition) is 3. The Morgan fingerprint density at radius 2 is 1.46 bits per heavy atom. The summed E-state index contributed by atoms with van der Waals surface area (Å²) in [5.74, 6) is 0.456. The van der Waals surface area contributed by atoms with Gasteiger partial charge in [-0.25, -0.2) is 4.79 Å². The van der Waals surface area contributed by atoms with Crippen LogP contribution in [-0.2, 0) is 20.9 Å². The third kappa shape index (κ3) is 13.3. The molecule has 2 aliphatic heterocycles. The van der Waals surface area contributed by atoms with Crippen molar-refractivity contribution in [3.63, 3.8) is 0 Å². The van der Waals surface area contributed by atoms with Crippen LogP contribution in [0.4, 0.5) is 10.5 Å². The minimum atomic E-state index is -0.443. The molecule has 3 amide bonds.